The lowest BCUT2D eigenvalue weighted by Crippen LogP contribution is -2.43. The number of nitrogens with zero attached hydrogens (tertiary/aromatic N) is 4. The van der Waals surface area contributed by atoms with E-state index in [2.05, 4.69) is 45.1 Å². The van der Waals surface area contributed by atoms with Crippen molar-refractivity contribution < 1.29 is 9.13 Å². The Bertz CT molecular complexity index is 1000. The summed E-state index contributed by atoms with van der Waals surface area (Å²) in [6.45, 7) is 6.80. The summed E-state index contributed by atoms with van der Waals surface area (Å²) in [4.78, 5) is 16.1. The number of hydrogen-bond donors (Lipinski definition) is 3. The highest BCUT2D eigenvalue weighted by atomic mass is 35.5. The van der Waals surface area contributed by atoms with Crippen LogP contribution in [0.3, 0.4) is 0 Å². The molecular formula is C25H38ClFN6OS. The maximum Gasteiger partial charge on any atom is 0.319 e. The number of halogens is 2. The van der Waals surface area contributed by atoms with Crippen LogP contribution in [0.1, 0.15) is 64.0 Å². The Kier molecular flexibility index (Phi) is 9.29. The zero-order valence-electron chi connectivity index (χ0n) is 20.9. The lowest BCUT2D eigenvalue weighted by molar-refractivity contribution is 0.108. The highest BCUT2D eigenvalue weighted by Crippen LogP contribution is 2.39. The second-order valence-corrected chi connectivity index (χ2v) is 10.1. The van der Waals surface area contributed by atoms with Crippen LogP contribution in [0.2, 0.25) is 5.15 Å². The lowest BCUT2D eigenvalue weighted by Gasteiger charge is -2.31. The maximum atomic E-state index is 15.1. The quantitative estimate of drug-likeness (QED) is 0.258. The van der Waals surface area contributed by atoms with Crippen molar-refractivity contribution >= 4 is 41.0 Å². The minimum absolute atomic E-state index is 0.0721. The normalized spacial score (nSPS) is 21.0. The Morgan fingerprint density at radius 3 is 2.71 bits per heavy atom. The molecule has 2 saturated heterocycles. The average Bonchev–Trinajstić information content (AvgIpc) is 3.44. The number of nitrogens with one attached hydrogen (secondary N) is 2. The van der Waals surface area contributed by atoms with Crippen LogP contribution in [-0.2, 0) is 6.42 Å². The minimum Gasteiger partial charge on any atom is -0.461 e. The summed E-state index contributed by atoms with van der Waals surface area (Å²) in [6.07, 6.45) is 11.3. The van der Waals surface area contributed by atoms with Gasteiger partial charge in [0.05, 0.1) is 16.6 Å². The molecule has 3 aliphatic heterocycles. The molecule has 2 N–H and O–H groups in total. The zero-order valence-corrected chi connectivity index (χ0v) is 22.5. The van der Waals surface area contributed by atoms with Crippen molar-refractivity contribution in [3.05, 3.63) is 16.7 Å². The predicted molar refractivity (Wildman–Crippen MR) is 144 cm³/mol. The van der Waals surface area contributed by atoms with Gasteiger partial charge in [-0.15, -0.1) is 0 Å². The van der Waals surface area contributed by atoms with Gasteiger partial charge in [0, 0.05) is 12.6 Å². The molecule has 0 amide bonds. The largest absolute Gasteiger partial charge is 0.461 e. The summed E-state index contributed by atoms with van der Waals surface area (Å²) in [7, 11) is 0. The number of ether oxygens (including phenoxy) is 1. The van der Waals surface area contributed by atoms with E-state index in [4.69, 9.17) is 21.3 Å². The zero-order chi connectivity index (χ0) is 24.8. The van der Waals surface area contributed by atoms with Crippen LogP contribution < -0.4 is 15.4 Å². The fourth-order valence-corrected chi connectivity index (χ4v) is 5.91. The number of thiol groups is 1. The van der Waals surface area contributed by atoms with Crippen LogP contribution >= 0.6 is 24.2 Å². The molecule has 7 nitrogen and oxygen atoms in total. The highest BCUT2D eigenvalue weighted by molar-refractivity contribution is 7.79. The number of anilines is 1. The molecule has 2 aromatic rings. The van der Waals surface area contributed by atoms with Gasteiger partial charge in [-0.25, -0.2) is 9.37 Å². The number of pyridine rings is 1. The number of aromatic nitrogens is 3. The second kappa shape index (κ2) is 12.2. The first-order chi connectivity index (χ1) is 17.1. The van der Waals surface area contributed by atoms with E-state index in [0.29, 0.717) is 17.8 Å². The van der Waals surface area contributed by atoms with Gasteiger partial charge in [0.15, 0.2) is 11.0 Å². The summed E-state index contributed by atoms with van der Waals surface area (Å²) in [5, 5.41) is 7.57. The molecule has 2 aromatic heterocycles. The summed E-state index contributed by atoms with van der Waals surface area (Å²) in [6, 6.07) is 0.405. The summed E-state index contributed by atoms with van der Waals surface area (Å²) < 4.78 is 21.3. The molecule has 10 heteroatoms. The van der Waals surface area contributed by atoms with E-state index in [0.717, 1.165) is 76.8 Å². The van der Waals surface area contributed by atoms with Crippen LogP contribution in [0.15, 0.2) is 0 Å². The van der Waals surface area contributed by atoms with Crippen LogP contribution in [0.4, 0.5) is 10.2 Å². The molecule has 0 aromatic carbocycles. The molecular weight excluding hydrogens is 487 g/mol. The molecule has 0 aliphatic carbocycles. The number of hydrogen-bond acceptors (Lipinski definition) is 8. The average molecular weight is 525 g/mol. The van der Waals surface area contributed by atoms with E-state index in [9.17, 15) is 0 Å². The van der Waals surface area contributed by atoms with Crippen molar-refractivity contribution in [2.45, 2.75) is 76.3 Å². The summed E-state index contributed by atoms with van der Waals surface area (Å²) in [5.74, 6) is -0.00677. The Hall–Kier alpha value is -1.42. The maximum absolute atomic E-state index is 15.1. The molecule has 0 radical (unpaired) electrons. The SMILES string of the molecule is CCCCNCC1CCCc2nc(Cl)c(F)c3nc(OCC45CCCN4CCC5)nc(c23)N1.CS. The van der Waals surface area contributed by atoms with Crippen molar-refractivity contribution in [1.82, 2.24) is 25.2 Å². The van der Waals surface area contributed by atoms with Crippen molar-refractivity contribution in [3.8, 4) is 6.01 Å². The van der Waals surface area contributed by atoms with Crippen molar-refractivity contribution in [3.63, 3.8) is 0 Å². The van der Waals surface area contributed by atoms with E-state index >= 15 is 4.39 Å². The minimum atomic E-state index is -0.606. The van der Waals surface area contributed by atoms with Gasteiger partial charge < -0.3 is 15.4 Å². The number of fused-ring (bicyclic) bond motifs is 1. The second-order valence-electron chi connectivity index (χ2n) is 9.74. The van der Waals surface area contributed by atoms with Crippen LogP contribution in [0.25, 0.3) is 10.9 Å². The molecule has 0 bridgehead atoms. The molecule has 35 heavy (non-hydrogen) atoms. The number of aryl methyl sites for hydroxylation is 1. The molecule has 0 spiro atoms. The smallest absolute Gasteiger partial charge is 0.319 e. The van der Waals surface area contributed by atoms with Gasteiger partial charge >= 0.3 is 6.01 Å². The highest BCUT2D eigenvalue weighted by Gasteiger charge is 2.45. The van der Waals surface area contributed by atoms with E-state index in [-0.39, 0.29) is 28.3 Å². The first-order valence-electron chi connectivity index (χ1n) is 12.9. The van der Waals surface area contributed by atoms with Crippen LogP contribution in [-0.4, -0.2) is 70.5 Å². The third-order valence-electron chi connectivity index (χ3n) is 7.49. The fraction of sp³-hybridized carbons (Fsp3) is 0.720. The topological polar surface area (TPSA) is 75.2 Å². The first-order valence-corrected chi connectivity index (χ1v) is 14.2. The van der Waals surface area contributed by atoms with Gasteiger partial charge in [0.25, 0.3) is 0 Å². The lowest BCUT2D eigenvalue weighted by atomic mass is 9.95. The third kappa shape index (κ3) is 5.78. The van der Waals surface area contributed by atoms with Crippen LogP contribution in [0, 0.1) is 5.82 Å². The first kappa shape index (κ1) is 26.6. The molecule has 0 saturated carbocycles. The van der Waals surface area contributed by atoms with Gasteiger partial charge in [0.2, 0.25) is 0 Å². The van der Waals surface area contributed by atoms with Crippen molar-refractivity contribution in [2.75, 3.05) is 44.4 Å². The number of rotatable bonds is 8. The standard InChI is InChI=1S/C24H34ClFN6O.CH4S/c1-2-3-11-27-14-16-7-4-8-17-18-20(19(26)21(25)29-17)30-23(31-22(18)28-16)33-15-24-9-5-12-32(24)13-6-10-24;1-2/h16,27H,2-15H2,1H3,(H,28,30,31);2H,1H3. The molecule has 194 valence electrons. The van der Waals surface area contributed by atoms with Crippen molar-refractivity contribution in [2.24, 2.45) is 0 Å². The van der Waals surface area contributed by atoms with E-state index in [1.807, 2.05) is 0 Å². The van der Waals surface area contributed by atoms with Gasteiger partial charge in [0.1, 0.15) is 17.9 Å². The van der Waals surface area contributed by atoms with Gasteiger partial charge in [-0.05, 0) is 77.3 Å². The molecule has 1 atom stereocenters. The Morgan fingerprint density at radius 2 is 1.97 bits per heavy atom. The van der Waals surface area contributed by atoms with E-state index < -0.39 is 5.82 Å². The van der Waals surface area contributed by atoms with Crippen LogP contribution in [0.5, 0.6) is 6.01 Å². The third-order valence-corrected chi connectivity index (χ3v) is 7.74. The molecule has 5 rings (SSSR count). The summed E-state index contributed by atoms with van der Waals surface area (Å²) >= 11 is 9.68. The number of unbranched alkanes of at least 4 members (excludes halogenated alkanes) is 1. The molecule has 2 fully saturated rings. The molecule has 1 unspecified atom stereocenters. The van der Waals surface area contributed by atoms with E-state index in [1.54, 1.807) is 6.26 Å². The van der Waals surface area contributed by atoms with Gasteiger partial charge in [-0.3, -0.25) is 4.90 Å². The Balaban J connectivity index is 0.00000141. The van der Waals surface area contributed by atoms with Gasteiger partial charge in [-0.1, -0.05) is 24.9 Å². The summed E-state index contributed by atoms with van der Waals surface area (Å²) in [5.41, 5.74) is 1.02. The molecule has 3 aliphatic rings. The molecule has 5 heterocycles. The predicted octanol–water partition coefficient (Wildman–Crippen LogP) is 4.88. The van der Waals surface area contributed by atoms with Gasteiger partial charge in [-0.2, -0.15) is 22.6 Å². The van der Waals surface area contributed by atoms with E-state index in [1.165, 1.54) is 12.8 Å². The Morgan fingerprint density at radius 1 is 1.20 bits per heavy atom. The monoisotopic (exact) mass is 524 g/mol. The fourth-order valence-electron chi connectivity index (χ4n) is 5.72. The van der Waals surface area contributed by atoms with Crippen molar-refractivity contribution in [1.29, 1.82) is 0 Å². The Labute approximate surface area is 218 Å².